The molecule has 0 aliphatic carbocycles. The van der Waals surface area contributed by atoms with Crippen LogP contribution in [0.25, 0.3) is 11.0 Å². The van der Waals surface area contributed by atoms with Crippen molar-refractivity contribution in [2.45, 2.75) is 13.5 Å². The Hall–Kier alpha value is -2.66. The second kappa shape index (κ2) is 6.45. The molecule has 2 aromatic carbocycles. The van der Waals surface area contributed by atoms with Crippen molar-refractivity contribution >= 4 is 34.2 Å². The SMILES string of the molecule is COc1ccc(Cl)cc1N(Cc1cc2cccc(C)c2o1)C(=N)N. The van der Waals surface area contributed by atoms with Crippen molar-refractivity contribution in [1.82, 2.24) is 0 Å². The molecule has 5 nitrogen and oxygen atoms in total. The highest BCUT2D eigenvalue weighted by Gasteiger charge is 2.18. The van der Waals surface area contributed by atoms with E-state index in [-0.39, 0.29) is 5.96 Å². The Labute approximate surface area is 145 Å². The van der Waals surface area contributed by atoms with Crippen LogP contribution in [0.1, 0.15) is 11.3 Å². The van der Waals surface area contributed by atoms with E-state index in [9.17, 15) is 0 Å². The Balaban J connectivity index is 2.01. The third-order valence-corrected chi connectivity index (χ3v) is 4.06. The monoisotopic (exact) mass is 343 g/mol. The number of fused-ring (bicyclic) bond motifs is 1. The summed E-state index contributed by atoms with van der Waals surface area (Å²) >= 11 is 6.09. The first-order valence-electron chi connectivity index (χ1n) is 7.42. The van der Waals surface area contributed by atoms with Crippen LogP contribution < -0.4 is 15.4 Å². The highest BCUT2D eigenvalue weighted by atomic mass is 35.5. The topological polar surface area (TPSA) is 75.5 Å². The second-order valence-electron chi connectivity index (χ2n) is 5.49. The zero-order valence-electron chi connectivity index (χ0n) is 13.5. The zero-order valence-corrected chi connectivity index (χ0v) is 14.2. The van der Waals surface area contributed by atoms with Crippen LogP contribution in [0.4, 0.5) is 5.69 Å². The first kappa shape index (κ1) is 16.2. The Bertz CT molecular complexity index is 904. The predicted molar refractivity (Wildman–Crippen MR) is 97.1 cm³/mol. The Morgan fingerprint density at radius 1 is 1.29 bits per heavy atom. The summed E-state index contributed by atoms with van der Waals surface area (Å²) in [7, 11) is 1.57. The molecule has 24 heavy (non-hydrogen) atoms. The highest BCUT2D eigenvalue weighted by Crippen LogP contribution is 2.33. The van der Waals surface area contributed by atoms with E-state index in [1.165, 1.54) is 0 Å². The van der Waals surface area contributed by atoms with Crippen molar-refractivity contribution in [2.75, 3.05) is 12.0 Å². The van der Waals surface area contributed by atoms with Gasteiger partial charge in [0.05, 0.1) is 19.3 Å². The number of halogens is 1. The van der Waals surface area contributed by atoms with E-state index in [0.717, 1.165) is 16.5 Å². The highest BCUT2D eigenvalue weighted by molar-refractivity contribution is 6.31. The number of nitrogens with two attached hydrogens (primary N) is 1. The average Bonchev–Trinajstić information content (AvgIpc) is 2.96. The molecule has 3 aromatic rings. The lowest BCUT2D eigenvalue weighted by atomic mass is 10.2. The first-order valence-corrected chi connectivity index (χ1v) is 7.80. The van der Waals surface area contributed by atoms with Gasteiger partial charge >= 0.3 is 0 Å². The normalized spacial score (nSPS) is 10.8. The summed E-state index contributed by atoms with van der Waals surface area (Å²) in [6.07, 6.45) is 0. The number of methoxy groups -OCH3 is 1. The molecule has 0 saturated heterocycles. The van der Waals surface area contributed by atoms with Gasteiger partial charge in [0, 0.05) is 10.4 Å². The number of anilines is 1. The zero-order chi connectivity index (χ0) is 17.3. The molecule has 0 radical (unpaired) electrons. The van der Waals surface area contributed by atoms with E-state index < -0.39 is 0 Å². The lowest BCUT2D eigenvalue weighted by Gasteiger charge is -2.23. The molecule has 6 heteroatoms. The summed E-state index contributed by atoms with van der Waals surface area (Å²) in [5, 5.41) is 9.48. The van der Waals surface area contributed by atoms with Gasteiger partial charge in [0.1, 0.15) is 17.1 Å². The van der Waals surface area contributed by atoms with Gasteiger partial charge in [-0.15, -0.1) is 0 Å². The van der Waals surface area contributed by atoms with Crippen molar-refractivity contribution in [1.29, 1.82) is 5.41 Å². The van der Waals surface area contributed by atoms with Crippen molar-refractivity contribution in [3.8, 4) is 5.75 Å². The van der Waals surface area contributed by atoms with Crippen LogP contribution in [0.15, 0.2) is 46.9 Å². The maximum absolute atomic E-state index is 7.92. The molecule has 0 amide bonds. The molecule has 0 fully saturated rings. The lowest BCUT2D eigenvalue weighted by Crippen LogP contribution is -2.36. The summed E-state index contributed by atoms with van der Waals surface area (Å²) in [5.74, 6) is 1.17. The molecule has 3 N–H and O–H groups in total. The predicted octanol–water partition coefficient (Wildman–Crippen LogP) is 4.30. The maximum Gasteiger partial charge on any atom is 0.193 e. The number of aryl methyl sites for hydroxylation is 1. The Kier molecular flexibility index (Phi) is 4.36. The summed E-state index contributed by atoms with van der Waals surface area (Å²) in [5.41, 5.74) is 8.31. The van der Waals surface area contributed by atoms with Crippen molar-refractivity contribution in [2.24, 2.45) is 5.73 Å². The molecule has 0 aliphatic heterocycles. The molecule has 0 spiro atoms. The number of nitrogens with zero attached hydrogens (tertiary/aromatic N) is 1. The number of rotatable bonds is 4. The molecular formula is C18H18ClN3O2. The van der Waals surface area contributed by atoms with Gasteiger partial charge < -0.3 is 19.8 Å². The van der Waals surface area contributed by atoms with Gasteiger partial charge in [0.2, 0.25) is 0 Å². The molecule has 124 valence electrons. The van der Waals surface area contributed by atoms with Gasteiger partial charge in [0.15, 0.2) is 5.96 Å². The number of ether oxygens (including phenoxy) is 1. The smallest absolute Gasteiger partial charge is 0.193 e. The quantitative estimate of drug-likeness (QED) is 0.547. The number of benzene rings is 2. The minimum atomic E-state index is -0.118. The van der Waals surface area contributed by atoms with Gasteiger partial charge in [-0.1, -0.05) is 29.8 Å². The van der Waals surface area contributed by atoms with Gasteiger partial charge in [-0.2, -0.15) is 0 Å². The number of hydrogen-bond acceptors (Lipinski definition) is 3. The van der Waals surface area contributed by atoms with E-state index in [1.54, 1.807) is 30.2 Å². The standard InChI is InChI=1S/C18H18ClN3O2/c1-11-4-3-5-12-8-14(24-17(11)12)10-22(18(20)21)15-9-13(19)6-7-16(15)23-2/h3-9H,10H2,1-2H3,(H3,20,21). The average molecular weight is 344 g/mol. The summed E-state index contributed by atoms with van der Waals surface area (Å²) in [6.45, 7) is 2.30. The second-order valence-corrected chi connectivity index (χ2v) is 5.93. The van der Waals surface area contributed by atoms with Crippen LogP contribution >= 0.6 is 11.6 Å². The fourth-order valence-corrected chi connectivity index (χ4v) is 2.84. The number of guanidine groups is 1. The number of hydrogen-bond donors (Lipinski definition) is 2. The van der Waals surface area contributed by atoms with Crippen molar-refractivity contribution in [3.63, 3.8) is 0 Å². The number of para-hydroxylation sites is 1. The summed E-state index contributed by atoms with van der Waals surface area (Å²) in [6, 6.07) is 13.1. The van der Waals surface area contributed by atoms with Crippen LogP contribution in [-0.4, -0.2) is 13.1 Å². The van der Waals surface area contributed by atoms with Crippen LogP contribution in [0, 0.1) is 12.3 Å². The van der Waals surface area contributed by atoms with Crippen molar-refractivity contribution < 1.29 is 9.15 Å². The third kappa shape index (κ3) is 3.03. The van der Waals surface area contributed by atoms with Gasteiger partial charge in [-0.3, -0.25) is 5.41 Å². The van der Waals surface area contributed by atoms with Gasteiger partial charge in [-0.25, -0.2) is 0 Å². The first-order chi connectivity index (χ1) is 11.5. The summed E-state index contributed by atoms with van der Waals surface area (Å²) in [4.78, 5) is 1.60. The van der Waals surface area contributed by atoms with Gasteiger partial charge in [-0.05, 0) is 36.8 Å². The maximum atomic E-state index is 7.92. The fraction of sp³-hybridized carbons (Fsp3) is 0.167. The summed E-state index contributed by atoms with van der Waals surface area (Å²) < 4.78 is 11.3. The number of nitrogens with one attached hydrogen (secondary N) is 1. The molecule has 1 heterocycles. The molecule has 3 rings (SSSR count). The molecule has 0 atom stereocenters. The van der Waals surface area contributed by atoms with Crippen LogP contribution in [0.3, 0.4) is 0 Å². The van der Waals surface area contributed by atoms with E-state index in [1.807, 2.05) is 31.2 Å². The minimum Gasteiger partial charge on any atom is -0.495 e. The Morgan fingerprint density at radius 2 is 2.08 bits per heavy atom. The molecule has 0 saturated carbocycles. The lowest BCUT2D eigenvalue weighted by molar-refractivity contribution is 0.415. The molecule has 0 unspecified atom stereocenters. The third-order valence-electron chi connectivity index (χ3n) is 3.83. The molecule has 0 bridgehead atoms. The molecular weight excluding hydrogens is 326 g/mol. The molecule has 0 aliphatic rings. The Morgan fingerprint density at radius 3 is 2.75 bits per heavy atom. The van der Waals surface area contributed by atoms with Crippen LogP contribution in [0.5, 0.6) is 5.75 Å². The van der Waals surface area contributed by atoms with E-state index >= 15 is 0 Å². The minimum absolute atomic E-state index is 0.118. The van der Waals surface area contributed by atoms with Crippen LogP contribution in [0.2, 0.25) is 5.02 Å². The largest absolute Gasteiger partial charge is 0.495 e. The molecule has 1 aromatic heterocycles. The number of furan rings is 1. The van der Waals surface area contributed by atoms with E-state index in [2.05, 4.69) is 0 Å². The van der Waals surface area contributed by atoms with Crippen LogP contribution in [-0.2, 0) is 6.54 Å². The van der Waals surface area contributed by atoms with Crippen molar-refractivity contribution in [3.05, 3.63) is 58.8 Å². The fourth-order valence-electron chi connectivity index (χ4n) is 2.67. The van der Waals surface area contributed by atoms with E-state index in [0.29, 0.717) is 28.8 Å². The van der Waals surface area contributed by atoms with E-state index in [4.69, 9.17) is 31.9 Å². The van der Waals surface area contributed by atoms with Gasteiger partial charge in [0.25, 0.3) is 0 Å².